The Hall–Kier alpha value is -1.71. The molecule has 3 nitrogen and oxygen atoms in total. The fraction of sp³-hybridized carbons (Fsp3) is 0.294. The second kappa shape index (κ2) is 7.91. The van der Waals surface area contributed by atoms with E-state index in [4.69, 9.17) is 26.8 Å². The van der Waals surface area contributed by atoms with E-state index in [0.29, 0.717) is 18.2 Å². The summed E-state index contributed by atoms with van der Waals surface area (Å²) in [5.74, 6) is 1.62. The van der Waals surface area contributed by atoms with E-state index in [1.165, 1.54) is 5.56 Å². The van der Waals surface area contributed by atoms with Gasteiger partial charge in [0.1, 0.15) is 18.1 Å². The average molecular weight is 306 g/mol. The average Bonchev–Trinajstić information content (AvgIpc) is 2.52. The van der Waals surface area contributed by atoms with Gasteiger partial charge >= 0.3 is 0 Å². The van der Waals surface area contributed by atoms with E-state index >= 15 is 0 Å². The Morgan fingerprint density at radius 3 is 2.52 bits per heavy atom. The zero-order chi connectivity index (χ0) is 15.1. The van der Waals surface area contributed by atoms with E-state index in [-0.39, 0.29) is 0 Å². The van der Waals surface area contributed by atoms with E-state index in [9.17, 15) is 0 Å². The summed E-state index contributed by atoms with van der Waals surface area (Å²) >= 11 is 5.86. The quantitative estimate of drug-likeness (QED) is 0.846. The molecule has 0 amide bonds. The van der Waals surface area contributed by atoms with Gasteiger partial charge < -0.3 is 15.2 Å². The molecule has 0 aliphatic carbocycles. The van der Waals surface area contributed by atoms with Crippen molar-refractivity contribution in [2.24, 2.45) is 5.73 Å². The van der Waals surface area contributed by atoms with E-state index in [0.717, 1.165) is 29.9 Å². The maximum Gasteiger partial charge on any atom is 0.125 e. The Morgan fingerprint density at radius 2 is 1.86 bits per heavy atom. The van der Waals surface area contributed by atoms with Crippen LogP contribution in [0.2, 0.25) is 5.02 Å². The molecular weight excluding hydrogens is 286 g/mol. The first-order valence-corrected chi connectivity index (χ1v) is 7.35. The van der Waals surface area contributed by atoms with Gasteiger partial charge in [-0.25, -0.2) is 0 Å². The van der Waals surface area contributed by atoms with E-state index < -0.39 is 0 Å². The fourth-order valence-electron chi connectivity index (χ4n) is 2.10. The first kappa shape index (κ1) is 15.7. The smallest absolute Gasteiger partial charge is 0.125 e. The van der Waals surface area contributed by atoms with Crippen LogP contribution in [0, 0.1) is 0 Å². The van der Waals surface area contributed by atoms with Gasteiger partial charge in [0.05, 0.1) is 7.11 Å². The molecule has 0 saturated heterocycles. The van der Waals surface area contributed by atoms with Crippen LogP contribution < -0.4 is 15.2 Å². The van der Waals surface area contributed by atoms with Crippen LogP contribution >= 0.6 is 11.6 Å². The minimum atomic E-state index is 0.460. The van der Waals surface area contributed by atoms with Crippen molar-refractivity contribution in [1.29, 1.82) is 0 Å². The molecule has 0 atom stereocenters. The van der Waals surface area contributed by atoms with Crippen molar-refractivity contribution in [3.05, 3.63) is 58.6 Å². The van der Waals surface area contributed by atoms with Crippen molar-refractivity contribution in [1.82, 2.24) is 0 Å². The molecule has 2 N–H and O–H groups in total. The molecule has 0 fully saturated rings. The molecule has 0 spiro atoms. The number of rotatable bonds is 7. The Balaban J connectivity index is 2.07. The predicted octanol–water partition coefficient (Wildman–Crippen LogP) is 3.82. The highest BCUT2D eigenvalue weighted by molar-refractivity contribution is 6.30. The molecule has 0 aliphatic heterocycles. The number of hydrogen-bond donors (Lipinski definition) is 1. The summed E-state index contributed by atoms with van der Waals surface area (Å²) in [6.07, 6.45) is 1.94. The molecule has 21 heavy (non-hydrogen) atoms. The number of hydrogen-bond acceptors (Lipinski definition) is 3. The monoisotopic (exact) mass is 305 g/mol. The Kier molecular flexibility index (Phi) is 5.90. The number of ether oxygens (including phenoxy) is 2. The summed E-state index contributed by atoms with van der Waals surface area (Å²) in [4.78, 5) is 0. The van der Waals surface area contributed by atoms with Crippen molar-refractivity contribution in [3.8, 4) is 11.5 Å². The molecule has 0 aliphatic rings. The topological polar surface area (TPSA) is 44.5 Å². The van der Waals surface area contributed by atoms with Crippen LogP contribution in [0.1, 0.15) is 17.5 Å². The van der Waals surface area contributed by atoms with Gasteiger partial charge in [-0.2, -0.15) is 0 Å². The van der Waals surface area contributed by atoms with E-state index in [1.807, 2.05) is 30.3 Å². The standard InChI is InChI=1S/C17H20ClNO2/c1-20-17-9-4-13(3-2-10-19)11-14(17)12-21-16-7-5-15(18)6-8-16/h4-9,11H,2-3,10,12,19H2,1H3. The Bertz CT molecular complexity index is 570. The minimum Gasteiger partial charge on any atom is -0.496 e. The van der Waals surface area contributed by atoms with Crippen LogP contribution in [0.4, 0.5) is 0 Å². The zero-order valence-electron chi connectivity index (χ0n) is 12.1. The lowest BCUT2D eigenvalue weighted by molar-refractivity contribution is 0.296. The second-order valence-corrected chi connectivity index (χ2v) is 5.22. The second-order valence-electron chi connectivity index (χ2n) is 4.78. The van der Waals surface area contributed by atoms with Gasteiger partial charge in [-0.05, 0) is 61.3 Å². The molecule has 0 radical (unpaired) electrons. The van der Waals surface area contributed by atoms with E-state index in [1.54, 1.807) is 7.11 Å². The predicted molar refractivity (Wildman–Crippen MR) is 86.2 cm³/mol. The van der Waals surface area contributed by atoms with Crippen molar-refractivity contribution in [2.45, 2.75) is 19.4 Å². The van der Waals surface area contributed by atoms with Crippen LogP contribution in [0.15, 0.2) is 42.5 Å². The first-order valence-electron chi connectivity index (χ1n) is 6.97. The largest absolute Gasteiger partial charge is 0.496 e. The maximum atomic E-state index is 5.86. The molecular formula is C17H20ClNO2. The summed E-state index contributed by atoms with van der Waals surface area (Å²) < 4.78 is 11.2. The van der Waals surface area contributed by atoms with Crippen LogP contribution in [-0.4, -0.2) is 13.7 Å². The normalized spacial score (nSPS) is 10.4. The summed E-state index contributed by atoms with van der Waals surface area (Å²) in [5.41, 5.74) is 7.83. The summed E-state index contributed by atoms with van der Waals surface area (Å²) in [5, 5.41) is 0.698. The Morgan fingerprint density at radius 1 is 1.10 bits per heavy atom. The van der Waals surface area contributed by atoms with Gasteiger partial charge in [-0.1, -0.05) is 17.7 Å². The van der Waals surface area contributed by atoms with Crippen LogP contribution in [0.25, 0.3) is 0 Å². The molecule has 2 aromatic rings. The first-order chi connectivity index (χ1) is 10.2. The SMILES string of the molecule is COc1ccc(CCCN)cc1COc1ccc(Cl)cc1. The number of methoxy groups -OCH3 is 1. The summed E-state index contributed by atoms with van der Waals surface area (Å²) in [6.45, 7) is 1.16. The lowest BCUT2D eigenvalue weighted by Gasteiger charge is -2.12. The summed E-state index contributed by atoms with van der Waals surface area (Å²) in [6, 6.07) is 13.5. The molecule has 0 unspecified atom stereocenters. The van der Waals surface area contributed by atoms with Gasteiger partial charge in [-0.15, -0.1) is 0 Å². The molecule has 0 aromatic heterocycles. The summed E-state index contributed by atoms with van der Waals surface area (Å²) in [7, 11) is 1.67. The highest BCUT2D eigenvalue weighted by Gasteiger charge is 2.06. The molecule has 0 heterocycles. The molecule has 2 rings (SSSR count). The fourth-order valence-corrected chi connectivity index (χ4v) is 2.22. The van der Waals surface area contributed by atoms with Crippen molar-refractivity contribution in [2.75, 3.05) is 13.7 Å². The maximum absolute atomic E-state index is 5.86. The van der Waals surface area contributed by atoms with Gasteiger partial charge in [-0.3, -0.25) is 0 Å². The van der Waals surface area contributed by atoms with Gasteiger partial charge in [0.15, 0.2) is 0 Å². The highest BCUT2D eigenvalue weighted by atomic mass is 35.5. The molecule has 4 heteroatoms. The van der Waals surface area contributed by atoms with Crippen molar-refractivity contribution >= 4 is 11.6 Å². The third kappa shape index (κ3) is 4.66. The number of nitrogens with two attached hydrogens (primary N) is 1. The third-order valence-corrected chi connectivity index (χ3v) is 3.47. The van der Waals surface area contributed by atoms with Gasteiger partial charge in [0.25, 0.3) is 0 Å². The van der Waals surface area contributed by atoms with Crippen molar-refractivity contribution < 1.29 is 9.47 Å². The van der Waals surface area contributed by atoms with Crippen molar-refractivity contribution in [3.63, 3.8) is 0 Å². The van der Waals surface area contributed by atoms with Crippen LogP contribution in [-0.2, 0) is 13.0 Å². The van der Waals surface area contributed by atoms with Gasteiger partial charge in [0, 0.05) is 10.6 Å². The lowest BCUT2D eigenvalue weighted by Crippen LogP contribution is -2.03. The molecule has 2 aromatic carbocycles. The molecule has 0 bridgehead atoms. The molecule has 112 valence electrons. The number of benzene rings is 2. The van der Waals surface area contributed by atoms with Crippen LogP contribution in [0.3, 0.4) is 0 Å². The Labute approximate surface area is 130 Å². The third-order valence-electron chi connectivity index (χ3n) is 3.22. The highest BCUT2D eigenvalue weighted by Crippen LogP contribution is 2.23. The zero-order valence-corrected chi connectivity index (χ0v) is 12.9. The van der Waals surface area contributed by atoms with Crippen LogP contribution in [0.5, 0.6) is 11.5 Å². The van der Waals surface area contributed by atoms with Gasteiger partial charge in [0.2, 0.25) is 0 Å². The molecule has 0 saturated carbocycles. The number of halogens is 1. The minimum absolute atomic E-state index is 0.460. The lowest BCUT2D eigenvalue weighted by atomic mass is 10.1. The number of aryl methyl sites for hydroxylation is 1. The van der Waals surface area contributed by atoms with E-state index in [2.05, 4.69) is 12.1 Å².